The average molecular weight is 169 g/mol. The van der Waals surface area contributed by atoms with Gasteiger partial charge in [-0.25, -0.2) is 0 Å². The first-order valence-corrected chi connectivity index (χ1v) is 3.17. The van der Waals surface area contributed by atoms with E-state index in [1.54, 1.807) is 0 Å². The predicted octanol–water partition coefficient (Wildman–Crippen LogP) is -0.151. The van der Waals surface area contributed by atoms with E-state index in [2.05, 4.69) is 0 Å². The fraction of sp³-hybridized carbons (Fsp3) is 0.143. The van der Waals surface area contributed by atoms with Gasteiger partial charge in [0.25, 0.3) is 0 Å². The topological polar surface area (TPSA) is 93.5 Å². The first-order chi connectivity index (χ1) is 5.69. The van der Waals surface area contributed by atoms with Crippen molar-refractivity contribution in [3.05, 3.63) is 17.6 Å². The molecule has 0 unspecified atom stereocenters. The highest BCUT2D eigenvalue weighted by Gasteiger charge is 2.14. The van der Waals surface area contributed by atoms with Gasteiger partial charge in [-0.2, -0.15) is 0 Å². The molecule has 0 aliphatic heterocycles. The molecule has 1 rings (SSSR count). The van der Waals surface area contributed by atoms with Gasteiger partial charge in [-0.05, 0) is 0 Å². The highest BCUT2D eigenvalue weighted by molar-refractivity contribution is 5.99. The fourth-order valence-electron chi connectivity index (χ4n) is 0.773. The summed E-state index contributed by atoms with van der Waals surface area (Å²) in [5.74, 6) is -0.829. The lowest BCUT2D eigenvalue weighted by atomic mass is 10.3. The van der Waals surface area contributed by atoms with Crippen LogP contribution in [0.1, 0.15) is 21.1 Å². The molecule has 1 aromatic rings. The largest absolute Gasteiger partial charge is 0.448 e. The number of carbonyl (C=O) groups is 2. The highest BCUT2D eigenvalue weighted by atomic mass is 16.4. The molecule has 3 N–H and O–H groups in total. The molecule has 0 aliphatic rings. The predicted molar refractivity (Wildman–Crippen MR) is 39.9 cm³/mol. The van der Waals surface area contributed by atoms with Crippen LogP contribution in [0.4, 0.5) is 5.69 Å². The maximum atomic E-state index is 10.8. The van der Waals surface area contributed by atoms with E-state index >= 15 is 0 Å². The Hall–Kier alpha value is -1.62. The van der Waals surface area contributed by atoms with Crippen molar-refractivity contribution in [3.8, 4) is 0 Å². The van der Waals surface area contributed by atoms with Crippen LogP contribution in [0, 0.1) is 0 Å². The van der Waals surface area contributed by atoms with E-state index in [0.29, 0.717) is 6.29 Å². The van der Waals surface area contributed by atoms with Gasteiger partial charge < -0.3 is 15.3 Å². The van der Waals surface area contributed by atoms with E-state index < -0.39 is 12.4 Å². The molecule has 0 amide bonds. The van der Waals surface area contributed by atoms with Crippen LogP contribution in [-0.4, -0.2) is 23.8 Å². The molecular formula is C7H7NO4. The second-order valence-corrected chi connectivity index (χ2v) is 2.13. The van der Waals surface area contributed by atoms with Crippen LogP contribution < -0.4 is 5.73 Å². The molecule has 5 nitrogen and oxygen atoms in total. The van der Waals surface area contributed by atoms with Gasteiger partial charge >= 0.3 is 0 Å². The number of aldehydes is 1. The zero-order valence-corrected chi connectivity index (χ0v) is 6.11. The van der Waals surface area contributed by atoms with Crippen molar-refractivity contribution >= 4 is 17.8 Å². The number of anilines is 1. The van der Waals surface area contributed by atoms with E-state index in [0.717, 1.165) is 0 Å². The smallest absolute Gasteiger partial charge is 0.225 e. The normalized spacial score (nSPS) is 9.75. The lowest BCUT2D eigenvalue weighted by Crippen LogP contribution is -2.05. The van der Waals surface area contributed by atoms with Crippen molar-refractivity contribution in [2.45, 2.75) is 0 Å². The van der Waals surface area contributed by atoms with Crippen LogP contribution in [0.3, 0.4) is 0 Å². The van der Waals surface area contributed by atoms with Crippen molar-refractivity contribution < 1.29 is 19.1 Å². The SMILES string of the molecule is Nc1cc(C=O)oc1C(=O)CO. The standard InChI is InChI=1S/C7H7NO4/c8-5-1-4(2-9)12-7(5)6(11)3-10/h1-2,10H,3,8H2. The second-order valence-electron chi connectivity index (χ2n) is 2.13. The van der Waals surface area contributed by atoms with Gasteiger partial charge in [0, 0.05) is 6.07 Å². The van der Waals surface area contributed by atoms with E-state index in [-0.39, 0.29) is 17.2 Å². The fourth-order valence-corrected chi connectivity index (χ4v) is 0.773. The number of nitrogens with two attached hydrogens (primary N) is 1. The number of ketones is 1. The molecule has 0 saturated heterocycles. The second kappa shape index (κ2) is 3.19. The summed E-state index contributed by atoms with van der Waals surface area (Å²) in [5.41, 5.74) is 5.37. The number of hydrogen-bond donors (Lipinski definition) is 2. The molecule has 0 bridgehead atoms. The molecule has 0 radical (unpaired) electrons. The molecule has 12 heavy (non-hydrogen) atoms. The zero-order valence-electron chi connectivity index (χ0n) is 6.11. The van der Waals surface area contributed by atoms with Crippen LogP contribution in [0.5, 0.6) is 0 Å². The Morgan fingerprint density at radius 2 is 2.42 bits per heavy atom. The first kappa shape index (κ1) is 8.48. The van der Waals surface area contributed by atoms with Crippen LogP contribution in [0.2, 0.25) is 0 Å². The molecule has 64 valence electrons. The molecule has 1 heterocycles. The Kier molecular flexibility index (Phi) is 2.25. The van der Waals surface area contributed by atoms with Crippen molar-refractivity contribution in [2.24, 2.45) is 0 Å². The van der Waals surface area contributed by atoms with Gasteiger partial charge in [-0.15, -0.1) is 0 Å². The van der Waals surface area contributed by atoms with Crippen LogP contribution >= 0.6 is 0 Å². The number of aliphatic hydroxyl groups excluding tert-OH is 1. The van der Waals surface area contributed by atoms with Gasteiger partial charge in [-0.3, -0.25) is 9.59 Å². The van der Waals surface area contributed by atoms with Gasteiger partial charge in [0.05, 0.1) is 5.69 Å². The number of carbonyl (C=O) groups excluding carboxylic acids is 2. The molecular weight excluding hydrogens is 162 g/mol. The minimum atomic E-state index is -0.685. The number of furan rings is 1. The summed E-state index contributed by atoms with van der Waals surface area (Å²) in [4.78, 5) is 21.0. The summed E-state index contributed by atoms with van der Waals surface area (Å²) < 4.78 is 4.71. The molecule has 0 saturated carbocycles. The highest BCUT2D eigenvalue weighted by Crippen LogP contribution is 2.16. The third-order valence-corrected chi connectivity index (χ3v) is 1.29. The van der Waals surface area contributed by atoms with E-state index in [1.165, 1.54) is 6.07 Å². The summed E-state index contributed by atoms with van der Waals surface area (Å²) in [6, 6.07) is 1.23. The molecule has 1 aromatic heterocycles. The number of rotatable bonds is 3. The molecule has 0 atom stereocenters. The molecule has 5 heteroatoms. The van der Waals surface area contributed by atoms with Gasteiger partial charge in [0.15, 0.2) is 17.8 Å². The third kappa shape index (κ3) is 1.35. The monoisotopic (exact) mass is 169 g/mol. The maximum absolute atomic E-state index is 10.8. The van der Waals surface area contributed by atoms with Crippen LogP contribution in [0.25, 0.3) is 0 Å². The Balaban J connectivity index is 3.07. The van der Waals surface area contributed by atoms with E-state index in [9.17, 15) is 9.59 Å². The summed E-state index contributed by atoms with van der Waals surface area (Å²) in [6.45, 7) is -0.685. The van der Waals surface area contributed by atoms with E-state index in [1.807, 2.05) is 0 Å². The third-order valence-electron chi connectivity index (χ3n) is 1.29. The Bertz CT molecular complexity index is 315. The molecule has 0 spiro atoms. The number of nitrogen functional groups attached to an aromatic ring is 1. The summed E-state index contributed by atoms with van der Waals surface area (Å²) in [5, 5.41) is 8.44. The number of Topliss-reactive ketones (excluding diaryl/α,β-unsaturated/α-hetero) is 1. The maximum Gasteiger partial charge on any atom is 0.225 e. The minimum Gasteiger partial charge on any atom is -0.448 e. The van der Waals surface area contributed by atoms with Crippen molar-refractivity contribution in [1.29, 1.82) is 0 Å². The number of aliphatic hydroxyl groups is 1. The minimum absolute atomic E-state index is 0.0238. The van der Waals surface area contributed by atoms with E-state index in [4.69, 9.17) is 15.3 Å². The lowest BCUT2D eigenvalue weighted by molar-refractivity contribution is 0.0874. The molecule has 0 aromatic carbocycles. The van der Waals surface area contributed by atoms with Crippen molar-refractivity contribution in [2.75, 3.05) is 12.3 Å². The van der Waals surface area contributed by atoms with Crippen molar-refractivity contribution in [1.82, 2.24) is 0 Å². The van der Waals surface area contributed by atoms with Crippen molar-refractivity contribution in [3.63, 3.8) is 0 Å². The molecule has 0 aliphatic carbocycles. The molecule has 0 fully saturated rings. The van der Waals surface area contributed by atoms with Gasteiger partial charge in [0.2, 0.25) is 5.78 Å². The van der Waals surface area contributed by atoms with Gasteiger partial charge in [0.1, 0.15) is 6.61 Å². The lowest BCUT2D eigenvalue weighted by Gasteiger charge is -1.91. The number of hydrogen-bond acceptors (Lipinski definition) is 5. The zero-order chi connectivity index (χ0) is 9.14. The quantitative estimate of drug-likeness (QED) is 0.484. The van der Waals surface area contributed by atoms with Gasteiger partial charge in [-0.1, -0.05) is 0 Å². The summed E-state index contributed by atoms with van der Waals surface area (Å²) in [7, 11) is 0. The Morgan fingerprint density at radius 3 is 2.83 bits per heavy atom. The summed E-state index contributed by atoms with van der Waals surface area (Å²) in [6.07, 6.45) is 0.435. The van der Waals surface area contributed by atoms with Crippen LogP contribution in [-0.2, 0) is 0 Å². The average Bonchev–Trinajstić information content (AvgIpc) is 2.45. The Labute approximate surface area is 67.8 Å². The first-order valence-electron chi connectivity index (χ1n) is 3.17. The Morgan fingerprint density at radius 1 is 1.75 bits per heavy atom. The van der Waals surface area contributed by atoms with Crippen LogP contribution in [0.15, 0.2) is 10.5 Å². The summed E-state index contributed by atoms with van der Waals surface area (Å²) >= 11 is 0.